The molecule has 9 rings (SSSR count). The summed E-state index contributed by atoms with van der Waals surface area (Å²) in [5.74, 6) is 9.96. The Hall–Kier alpha value is -8.19. The van der Waals surface area contributed by atoms with E-state index < -0.39 is 0 Å². The maximum atomic E-state index is 7.17. The molecule has 0 spiro atoms. The largest absolute Gasteiger partial charge is 0.494 e. The van der Waals surface area contributed by atoms with Crippen molar-refractivity contribution in [3.05, 3.63) is 188 Å². The van der Waals surface area contributed by atoms with Gasteiger partial charge in [0.15, 0.2) is 0 Å². The molecule has 0 bridgehead atoms. The molecule has 0 fully saturated rings. The molecular formula is C70H87N6O7+. The fourth-order valence-electron chi connectivity index (χ4n) is 11.5. The predicted octanol–water partition coefficient (Wildman–Crippen LogP) is 15.7. The van der Waals surface area contributed by atoms with E-state index in [9.17, 15) is 0 Å². The van der Waals surface area contributed by atoms with Crippen molar-refractivity contribution in [2.75, 3.05) is 33.9 Å². The maximum absolute atomic E-state index is 7.17. The van der Waals surface area contributed by atoms with Crippen LogP contribution in [0.15, 0.2) is 110 Å². The van der Waals surface area contributed by atoms with Crippen LogP contribution in [0.1, 0.15) is 120 Å². The van der Waals surface area contributed by atoms with Gasteiger partial charge in [-0.25, -0.2) is 9.13 Å². The zero-order valence-electron chi connectivity index (χ0n) is 52.2. The van der Waals surface area contributed by atoms with E-state index in [0.29, 0.717) is 46.0 Å². The van der Waals surface area contributed by atoms with Crippen molar-refractivity contribution in [2.24, 2.45) is 0 Å². The van der Waals surface area contributed by atoms with Crippen LogP contribution in [0.3, 0.4) is 0 Å². The molecule has 13 heteroatoms. The molecule has 2 aliphatic rings. The molecular weight excluding hydrogens is 1040 g/mol. The average molecular weight is 1120 g/mol. The van der Waals surface area contributed by atoms with Gasteiger partial charge in [-0.2, -0.15) is 0 Å². The third-order valence-electron chi connectivity index (χ3n) is 16.2. The zero-order valence-corrected chi connectivity index (χ0v) is 52.2. The van der Waals surface area contributed by atoms with Crippen LogP contribution in [0.5, 0.6) is 63.2 Å². The Morgan fingerprint density at radius 2 is 0.783 bits per heavy atom. The van der Waals surface area contributed by atoms with Crippen LogP contribution in [0.4, 0.5) is 0 Å². The number of benzene rings is 6. The smallest absolute Gasteiger partial charge is 0.253 e. The Bertz CT molecular complexity index is 3520. The molecule has 7 aromatic rings. The van der Waals surface area contributed by atoms with Gasteiger partial charge in [-0.05, 0) is 213 Å². The first-order chi connectivity index (χ1) is 39.7. The van der Waals surface area contributed by atoms with E-state index >= 15 is 0 Å². The quantitative estimate of drug-likeness (QED) is 0.0574. The van der Waals surface area contributed by atoms with E-state index in [-0.39, 0.29) is 12.3 Å². The number of hydrogen-bond donors (Lipinski definition) is 0. The molecule has 6 aromatic carbocycles. The molecule has 438 valence electrons. The lowest BCUT2D eigenvalue weighted by atomic mass is 10.0. The van der Waals surface area contributed by atoms with Crippen LogP contribution >= 0.6 is 0 Å². The fourth-order valence-corrected chi connectivity index (χ4v) is 11.5. The molecule has 83 heavy (non-hydrogen) atoms. The Labute approximate surface area is 493 Å². The highest BCUT2D eigenvalue weighted by atomic mass is 16.5. The summed E-state index contributed by atoms with van der Waals surface area (Å²) in [7, 11) is 4.20. The van der Waals surface area contributed by atoms with E-state index in [0.717, 1.165) is 142 Å². The monoisotopic (exact) mass is 1120 g/mol. The number of rotatable bonds is 23. The highest BCUT2D eigenvalue weighted by molar-refractivity contribution is 5.56. The van der Waals surface area contributed by atoms with Crippen LogP contribution in [-0.4, -0.2) is 70.4 Å². The third-order valence-corrected chi connectivity index (χ3v) is 16.2. The van der Waals surface area contributed by atoms with Crippen molar-refractivity contribution in [3.8, 4) is 63.2 Å². The molecule has 2 unspecified atom stereocenters. The van der Waals surface area contributed by atoms with Gasteiger partial charge in [0, 0.05) is 81.2 Å². The Balaban J connectivity index is 1.06. The SMILES string of the molecule is CCOc1cc(C)c(Oc2cc(C)c(Oc3cc(C)c(OCC)c(CN4C=CN(C)C4C)c3)c(Cn3cc[n+](Cc4cc(CC)cc(C)c4Oc4cc(C)c(Oc5cc(C)c(OCC)c(C)c5)c(C)c4)c3C)c2)c(CN2C=CN(C)C2C)c1. The van der Waals surface area contributed by atoms with E-state index in [1.807, 2.05) is 32.9 Å². The summed E-state index contributed by atoms with van der Waals surface area (Å²) in [5.41, 5.74) is 13.5. The molecule has 3 heterocycles. The van der Waals surface area contributed by atoms with Crippen molar-refractivity contribution in [1.82, 2.24) is 24.2 Å². The number of aromatic nitrogens is 2. The number of ether oxygens (including phenoxy) is 7. The van der Waals surface area contributed by atoms with Gasteiger partial charge in [-0.3, -0.25) is 0 Å². The minimum Gasteiger partial charge on any atom is -0.494 e. The zero-order chi connectivity index (χ0) is 59.4. The molecule has 2 aliphatic heterocycles. The van der Waals surface area contributed by atoms with Gasteiger partial charge in [-0.15, -0.1) is 0 Å². The number of nitrogens with zero attached hydrogens (tertiary/aromatic N) is 6. The third kappa shape index (κ3) is 13.2. The Morgan fingerprint density at radius 3 is 1.27 bits per heavy atom. The first kappa shape index (κ1) is 59.4. The van der Waals surface area contributed by atoms with Crippen LogP contribution in [0.25, 0.3) is 0 Å². The first-order valence-electron chi connectivity index (χ1n) is 29.5. The second-order valence-corrected chi connectivity index (χ2v) is 22.6. The number of hydrogen-bond acceptors (Lipinski definition) is 11. The summed E-state index contributed by atoms with van der Waals surface area (Å²) in [6.45, 7) is 35.8. The van der Waals surface area contributed by atoms with Crippen LogP contribution in [-0.2, 0) is 32.6 Å². The highest BCUT2D eigenvalue weighted by Crippen LogP contribution is 2.42. The summed E-state index contributed by atoms with van der Waals surface area (Å²) in [6.07, 6.45) is 14.1. The minimum atomic E-state index is 0.191. The Morgan fingerprint density at radius 1 is 0.398 bits per heavy atom. The van der Waals surface area contributed by atoms with Gasteiger partial charge >= 0.3 is 0 Å². The molecule has 0 aliphatic carbocycles. The summed E-state index contributed by atoms with van der Waals surface area (Å²) < 4.78 is 50.8. The molecule has 13 nitrogen and oxygen atoms in total. The van der Waals surface area contributed by atoms with Gasteiger partial charge in [-0.1, -0.05) is 13.0 Å². The Kier molecular flexibility index (Phi) is 18.3. The van der Waals surface area contributed by atoms with E-state index in [1.54, 1.807) is 0 Å². The maximum Gasteiger partial charge on any atom is 0.253 e. The van der Waals surface area contributed by atoms with E-state index in [4.69, 9.17) is 33.2 Å². The molecule has 0 N–H and O–H groups in total. The lowest BCUT2D eigenvalue weighted by molar-refractivity contribution is -0.694. The van der Waals surface area contributed by atoms with Gasteiger partial charge in [0.1, 0.15) is 88.7 Å². The standard InChI is InChI=1S/C70H87N6O7/c1-18-55-28-44(5)68(81-62-32-47(8)66(48(9)33-62)80-61-30-45(6)65(78-20-3)46(7)31-61)56(36-55)40-75-26-27-76(54(75)15)43-59-39-64(83-69-50(11)29-60(77-19-2)37-58(69)42-74-25-23-72(17)53(74)14)35-51(12)70(59)82-63-34-49(10)67(79-21-4)57(38-63)41-73-24-22-71(16)52(73)13/h22-39,52-53H,18-21,40-43H2,1-17H3/q+1. The predicted molar refractivity (Wildman–Crippen MR) is 331 cm³/mol. The van der Waals surface area contributed by atoms with Gasteiger partial charge in [0.2, 0.25) is 0 Å². The molecule has 0 saturated carbocycles. The van der Waals surface area contributed by atoms with Crippen LogP contribution in [0.2, 0.25) is 0 Å². The van der Waals surface area contributed by atoms with Crippen LogP contribution < -0.4 is 37.7 Å². The van der Waals surface area contributed by atoms with Crippen molar-refractivity contribution >= 4 is 0 Å². The summed E-state index contributed by atoms with van der Waals surface area (Å²) in [6, 6.07) is 25.4. The van der Waals surface area contributed by atoms with Crippen molar-refractivity contribution in [2.45, 2.75) is 149 Å². The lowest BCUT2D eigenvalue weighted by Crippen LogP contribution is -2.36. The second kappa shape index (κ2) is 25.5. The van der Waals surface area contributed by atoms with Crippen LogP contribution in [0, 0.1) is 62.3 Å². The topological polar surface area (TPSA) is 86.4 Å². The molecule has 1 aromatic heterocycles. The van der Waals surface area contributed by atoms with Crippen molar-refractivity contribution in [3.63, 3.8) is 0 Å². The normalized spacial score (nSPS) is 14.8. The second-order valence-electron chi connectivity index (χ2n) is 22.6. The van der Waals surface area contributed by atoms with Crippen molar-refractivity contribution in [1.29, 1.82) is 0 Å². The van der Waals surface area contributed by atoms with Crippen molar-refractivity contribution < 1.29 is 37.7 Å². The number of imidazole rings is 1. The van der Waals surface area contributed by atoms with E-state index in [1.165, 1.54) is 5.56 Å². The number of aryl methyl sites for hydroxylation is 9. The fraction of sp³-hybridized carbons (Fsp3) is 0.386. The molecule has 0 radical (unpaired) electrons. The lowest BCUT2D eigenvalue weighted by Gasteiger charge is -2.28. The van der Waals surface area contributed by atoms with E-state index in [2.05, 4.69) is 224 Å². The molecule has 0 amide bonds. The average Bonchev–Trinajstić information content (AvgIpc) is 4.11. The van der Waals surface area contributed by atoms with Gasteiger partial charge in [0.05, 0.1) is 32.2 Å². The van der Waals surface area contributed by atoms with Gasteiger partial charge < -0.3 is 52.8 Å². The highest BCUT2D eigenvalue weighted by Gasteiger charge is 2.27. The first-order valence-corrected chi connectivity index (χ1v) is 29.5. The molecule has 2 atom stereocenters. The summed E-state index contributed by atoms with van der Waals surface area (Å²) in [4.78, 5) is 9.05. The van der Waals surface area contributed by atoms with Gasteiger partial charge in [0.25, 0.3) is 5.82 Å². The summed E-state index contributed by atoms with van der Waals surface area (Å²) >= 11 is 0. The summed E-state index contributed by atoms with van der Waals surface area (Å²) in [5, 5.41) is 0. The minimum absolute atomic E-state index is 0.191. The molecule has 0 saturated heterocycles.